The number of nitrogens with zero attached hydrogens (tertiary/aromatic N) is 4. The van der Waals surface area contributed by atoms with Gasteiger partial charge in [0.1, 0.15) is 12.7 Å². The summed E-state index contributed by atoms with van der Waals surface area (Å²) in [7, 11) is 4.09. The van der Waals surface area contributed by atoms with Gasteiger partial charge in [0.15, 0.2) is 0 Å². The zero-order valence-electron chi connectivity index (χ0n) is 31.7. The third-order valence-corrected chi connectivity index (χ3v) is 12.5. The Morgan fingerprint density at radius 3 is 1.40 bits per heavy atom. The standard InChI is InChI=1S/C47H42B2N6/c1-48(29-13-17-37-33-9-5-7-11-35(33)43(25-50-3)41(37)21-29)31-15-19-39-40-20-16-32(24-46(40)55(45(39)23-31)47-53-27-52-28-54-47)49(2)30-14-18-38-34-10-6-8-12-36(34)44(26-51-4)42(38)22-30/h5-24,27-28,43-44,50-51H,25-26H2,1-4H3. The van der Waals surface area contributed by atoms with E-state index in [1.54, 1.807) is 12.7 Å². The topological polar surface area (TPSA) is 67.7 Å². The molecule has 2 aliphatic carbocycles. The summed E-state index contributed by atoms with van der Waals surface area (Å²) in [5.74, 6) is 1.31. The maximum absolute atomic E-state index is 4.69. The first-order valence-electron chi connectivity index (χ1n) is 19.5. The second-order valence-corrected chi connectivity index (χ2v) is 15.4. The lowest BCUT2D eigenvalue weighted by Crippen LogP contribution is -2.39. The van der Waals surface area contributed by atoms with Gasteiger partial charge in [-0.2, -0.15) is 0 Å². The normalized spacial score (nSPS) is 15.2. The van der Waals surface area contributed by atoms with Crippen LogP contribution in [0.25, 0.3) is 50.0 Å². The molecular weight excluding hydrogens is 670 g/mol. The van der Waals surface area contributed by atoms with Gasteiger partial charge in [-0.15, -0.1) is 0 Å². The third kappa shape index (κ3) is 5.38. The second-order valence-electron chi connectivity index (χ2n) is 15.4. The Morgan fingerprint density at radius 2 is 0.927 bits per heavy atom. The van der Waals surface area contributed by atoms with Crippen molar-refractivity contribution in [2.45, 2.75) is 25.5 Å². The van der Waals surface area contributed by atoms with E-state index in [2.05, 4.69) is 165 Å². The van der Waals surface area contributed by atoms with Gasteiger partial charge >= 0.3 is 0 Å². The molecule has 0 aliphatic heterocycles. The van der Waals surface area contributed by atoms with Gasteiger partial charge in [0.05, 0.1) is 11.0 Å². The number of hydrogen-bond donors (Lipinski definition) is 2. The van der Waals surface area contributed by atoms with Crippen LogP contribution in [-0.2, 0) is 0 Å². The largest absolute Gasteiger partial charge is 0.319 e. The van der Waals surface area contributed by atoms with Crippen LogP contribution < -0.4 is 32.5 Å². The van der Waals surface area contributed by atoms with Crippen LogP contribution >= 0.6 is 0 Å². The van der Waals surface area contributed by atoms with Gasteiger partial charge in [-0.1, -0.05) is 145 Å². The number of rotatable bonds is 9. The molecule has 8 heteroatoms. The van der Waals surface area contributed by atoms with Crippen molar-refractivity contribution in [1.29, 1.82) is 0 Å². The fourth-order valence-corrected chi connectivity index (χ4v) is 9.58. The van der Waals surface area contributed by atoms with Crippen LogP contribution in [0, 0.1) is 0 Å². The summed E-state index contributed by atoms with van der Waals surface area (Å²) < 4.78 is 2.23. The van der Waals surface area contributed by atoms with E-state index in [1.807, 2.05) is 14.1 Å². The van der Waals surface area contributed by atoms with Gasteiger partial charge in [-0.05, 0) is 70.7 Å². The SMILES string of the molecule is CNCC1c2ccccc2-c2ccc(B(C)c3ccc4c5ccc(B(C)c6ccc7c(c6)C(CNC)c6ccccc6-7)cc5n(-c5ncncn5)c4c3)cc21. The van der Waals surface area contributed by atoms with Crippen molar-refractivity contribution in [2.75, 3.05) is 27.2 Å². The summed E-state index contributed by atoms with van der Waals surface area (Å²) in [5.41, 5.74) is 18.4. The van der Waals surface area contributed by atoms with E-state index in [0.717, 1.165) is 24.1 Å². The highest BCUT2D eigenvalue weighted by atomic mass is 15.2. The molecule has 2 aliphatic rings. The van der Waals surface area contributed by atoms with Crippen molar-refractivity contribution in [3.8, 4) is 28.2 Å². The molecule has 0 bridgehead atoms. The predicted molar refractivity (Wildman–Crippen MR) is 231 cm³/mol. The van der Waals surface area contributed by atoms with Gasteiger partial charge in [0.2, 0.25) is 19.4 Å². The number of likely N-dealkylation sites (N-methyl/N-ethyl adjacent to an activating group) is 2. The minimum Gasteiger partial charge on any atom is -0.319 e. The lowest BCUT2D eigenvalue weighted by molar-refractivity contribution is 0.720. The summed E-state index contributed by atoms with van der Waals surface area (Å²) in [4.78, 5) is 13.5. The van der Waals surface area contributed by atoms with Crippen LogP contribution in [0.4, 0.5) is 0 Å². The van der Waals surface area contributed by atoms with Gasteiger partial charge in [0.25, 0.3) is 0 Å². The first kappa shape index (κ1) is 33.7. The summed E-state index contributed by atoms with van der Waals surface area (Å²) in [6.07, 6.45) is 3.18. The summed E-state index contributed by atoms with van der Waals surface area (Å²) in [5, 5.41) is 9.27. The number of nitrogens with one attached hydrogen (secondary N) is 2. The Balaban J connectivity index is 1.05. The molecule has 2 heterocycles. The van der Waals surface area contributed by atoms with E-state index in [9.17, 15) is 0 Å². The monoisotopic (exact) mass is 712 g/mol. The van der Waals surface area contributed by atoms with Gasteiger partial charge < -0.3 is 10.6 Å². The summed E-state index contributed by atoms with van der Waals surface area (Å²) in [6.45, 7) is 6.85. The maximum atomic E-state index is 4.69. The van der Waals surface area contributed by atoms with Crippen LogP contribution in [0.2, 0.25) is 13.6 Å². The van der Waals surface area contributed by atoms with E-state index in [1.165, 1.54) is 77.1 Å². The Labute approximate surface area is 323 Å². The average Bonchev–Trinajstić information content (AvgIpc) is 3.85. The Bertz CT molecular complexity index is 2590. The molecule has 2 N–H and O–H groups in total. The number of benzene rings is 6. The van der Waals surface area contributed by atoms with E-state index in [-0.39, 0.29) is 13.4 Å². The highest BCUT2D eigenvalue weighted by Gasteiger charge is 2.31. The highest BCUT2D eigenvalue weighted by Crippen LogP contribution is 2.45. The molecule has 0 radical (unpaired) electrons. The number of fused-ring (bicyclic) bond motifs is 9. The second kappa shape index (κ2) is 13.5. The average molecular weight is 713 g/mol. The van der Waals surface area contributed by atoms with Crippen LogP contribution in [0.15, 0.2) is 134 Å². The van der Waals surface area contributed by atoms with E-state index in [0.29, 0.717) is 17.8 Å². The Hall–Kier alpha value is -5.82. The van der Waals surface area contributed by atoms with Crippen LogP contribution in [0.3, 0.4) is 0 Å². The minimum absolute atomic E-state index is 0.187. The molecule has 6 nitrogen and oxygen atoms in total. The number of aromatic nitrogens is 4. The molecule has 2 aromatic heterocycles. The molecule has 0 amide bonds. The molecular formula is C47H42B2N6. The van der Waals surface area contributed by atoms with Crippen LogP contribution in [0.5, 0.6) is 0 Å². The quantitative estimate of drug-likeness (QED) is 0.177. The van der Waals surface area contributed by atoms with Crippen molar-refractivity contribution < 1.29 is 0 Å². The van der Waals surface area contributed by atoms with Gasteiger partial charge in [-0.25, -0.2) is 15.0 Å². The molecule has 0 saturated heterocycles. The van der Waals surface area contributed by atoms with Crippen LogP contribution in [-0.4, -0.2) is 60.1 Å². The molecule has 2 unspecified atom stereocenters. The molecule has 8 aromatic rings. The first-order chi connectivity index (χ1) is 27.0. The zero-order valence-corrected chi connectivity index (χ0v) is 31.7. The maximum Gasteiger partial charge on any atom is 0.237 e. The first-order valence-corrected chi connectivity index (χ1v) is 19.5. The third-order valence-electron chi connectivity index (χ3n) is 12.5. The van der Waals surface area contributed by atoms with Crippen LogP contribution in [0.1, 0.15) is 34.1 Å². The molecule has 10 rings (SSSR count). The predicted octanol–water partition coefficient (Wildman–Crippen LogP) is 6.11. The highest BCUT2D eigenvalue weighted by molar-refractivity contribution is 6.84. The molecule has 55 heavy (non-hydrogen) atoms. The van der Waals surface area contributed by atoms with Crippen molar-refractivity contribution in [3.63, 3.8) is 0 Å². The molecule has 266 valence electrons. The fourth-order valence-electron chi connectivity index (χ4n) is 9.58. The minimum atomic E-state index is 0.187. The summed E-state index contributed by atoms with van der Waals surface area (Å²) >= 11 is 0. The molecule has 0 saturated carbocycles. The van der Waals surface area contributed by atoms with E-state index >= 15 is 0 Å². The van der Waals surface area contributed by atoms with Crippen molar-refractivity contribution in [1.82, 2.24) is 30.2 Å². The summed E-state index contributed by atoms with van der Waals surface area (Å²) in [6, 6.07) is 45.8. The van der Waals surface area contributed by atoms with Gasteiger partial charge in [-0.3, -0.25) is 4.57 Å². The van der Waals surface area contributed by atoms with Crippen molar-refractivity contribution >= 4 is 57.1 Å². The fraction of sp³-hybridized carbons (Fsp3) is 0.170. The molecule has 0 spiro atoms. The Morgan fingerprint density at radius 1 is 0.509 bits per heavy atom. The smallest absolute Gasteiger partial charge is 0.237 e. The van der Waals surface area contributed by atoms with Crippen molar-refractivity contribution in [2.24, 2.45) is 0 Å². The lowest BCUT2D eigenvalue weighted by atomic mass is 9.42. The van der Waals surface area contributed by atoms with E-state index < -0.39 is 0 Å². The van der Waals surface area contributed by atoms with Crippen molar-refractivity contribution in [3.05, 3.63) is 156 Å². The van der Waals surface area contributed by atoms with E-state index in [4.69, 9.17) is 0 Å². The Kier molecular flexibility index (Phi) is 8.27. The molecule has 6 aromatic carbocycles. The zero-order chi connectivity index (χ0) is 37.2. The molecule has 2 atom stereocenters. The number of hydrogen-bond acceptors (Lipinski definition) is 5. The lowest BCUT2D eigenvalue weighted by Gasteiger charge is -2.16. The van der Waals surface area contributed by atoms with Gasteiger partial charge in [0, 0.05) is 35.7 Å². The molecule has 0 fully saturated rings.